The number of carbonyl (C=O) groups excluding carboxylic acids is 2. The van der Waals surface area contributed by atoms with Gasteiger partial charge < -0.3 is 43.7 Å². The van der Waals surface area contributed by atoms with Gasteiger partial charge in [-0.25, -0.2) is 4.79 Å². The number of nitrogens with zero attached hydrogens (tertiary/aromatic N) is 1. The standard InChI is InChI=1S/C42H52N2O10/c1-49-34-20-18-27(22-35(34)50-2)17-19-32(29-14-11-15-31(23-29)54-26-38(45)46)43-41(47)33-16-9-10-21-44(33)42(48)39(28-12-7-6-8-13-28)30-24-36(51-3)40(53-5)37(25-30)52-4/h7,11-12,14-15,18,20,22-25,28,32-33,39H,6,8-10,13,16-17,19,21,26H2,1-5H3,(H,43,47)(H,45,46)/t28-,32?,33+,39?/m1/s1. The van der Waals surface area contributed by atoms with E-state index in [0.717, 1.165) is 48.8 Å². The molecule has 5 rings (SSSR count). The molecule has 1 aliphatic heterocycles. The highest BCUT2D eigenvalue weighted by Gasteiger charge is 2.40. The molecule has 1 aliphatic carbocycles. The van der Waals surface area contributed by atoms with Gasteiger partial charge in [0.15, 0.2) is 29.6 Å². The molecular formula is C42H52N2O10. The van der Waals surface area contributed by atoms with Gasteiger partial charge in [0.25, 0.3) is 0 Å². The van der Waals surface area contributed by atoms with Crippen molar-refractivity contribution < 1.29 is 47.9 Å². The minimum Gasteiger partial charge on any atom is -0.493 e. The van der Waals surface area contributed by atoms with Crippen molar-refractivity contribution in [1.29, 1.82) is 0 Å². The number of ether oxygens (including phenoxy) is 6. The zero-order valence-electron chi connectivity index (χ0n) is 31.8. The number of methoxy groups -OCH3 is 5. The molecular weight excluding hydrogens is 692 g/mol. The monoisotopic (exact) mass is 744 g/mol. The molecule has 290 valence electrons. The summed E-state index contributed by atoms with van der Waals surface area (Å²) in [5, 5.41) is 12.5. The first-order valence-electron chi connectivity index (χ1n) is 18.4. The van der Waals surface area contributed by atoms with Crippen LogP contribution >= 0.6 is 0 Å². The lowest BCUT2D eigenvalue weighted by molar-refractivity contribution is -0.144. The highest BCUT2D eigenvalue weighted by atomic mass is 16.5. The smallest absolute Gasteiger partial charge is 0.341 e. The Hall–Kier alpha value is -5.39. The van der Waals surface area contributed by atoms with Crippen LogP contribution in [0.4, 0.5) is 0 Å². The lowest BCUT2D eigenvalue weighted by atomic mass is 9.78. The maximum Gasteiger partial charge on any atom is 0.341 e. The third-order valence-corrected chi connectivity index (χ3v) is 10.2. The third kappa shape index (κ3) is 9.58. The molecule has 54 heavy (non-hydrogen) atoms. The number of aryl methyl sites for hydroxylation is 1. The number of allylic oxidation sites excluding steroid dienone is 2. The first-order valence-corrected chi connectivity index (χ1v) is 18.4. The van der Waals surface area contributed by atoms with Crippen molar-refractivity contribution in [1.82, 2.24) is 10.2 Å². The molecule has 12 heteroatoms. The number of carbonyl (C=O) groups is 3. The van der Waals surface area contributed by atoms with E-state index in [1.807, 2.05) is 36.4 Å². The van der Waals surface area contributed by atoms with Crippen LogP contribution in [-0.2, 0) is 20.8 Å². The van der Waals surface area contributed by atoms with Crippen molar-refractivity contribution in [2.45, 2.75) is 69.4 Å². The molecule has 1 fully saturated rings. The Labute approximate surface area is 317 Å². The molecule has 0 spiro atoms. The van der Waals surface area contributed by atoms with Crippen LogP contribution in [0, 0.1) is 5.92 Å². The average molecular weight is 745 g/mol. The minimum atomic E-state index is -1.09. The number of carboxylic acids is 1. The van der Waals surface area contributed by atoms with E-state index in [4.69, 9.17) is 28.4 Å². The predicted octanol–water partition coefficient (Wildman–Crippen LogP) is 6.50. The maximum atomic E-state index is 14.9. The Morgan fingerprint density at radius 2 is 1.56 bits per heavy atom. The molecule has 2 unspecified atom stereocenters. The van der Waals surface area contributed by atoms with Crippen LogP contribution in [0.2, 0.25) is 0 Å². The molecule has 3 aromatic rings. The van der Waals surface area contributed by atoms with E-state index in [1.165, 1.54) is 0 Å². The van der Waals surface area contributed by atoms with Gasteiger partial charge in [0.2, 0.25) is 17.6 Å². The quantitative estimate of drug-likeness (QED) is 0.147. The van der Waals surface area contributed by atoms with Crippen molar-refractivity contribution >= 4 is 17.8 Å². The van der Waals surface area contributed by atoms with Gasteiger partial charge in [0.1, 0.15) is 11.8 Å². The zero-order chi connectivity index (χ0) is 38.6. The lowest BCUT2D eigenvalue weighted by Crippen LogP contribution is -2.54. The van der Waals surface area contributed by atoms with Crippen LogP contribution in [-0.4, -0.2) is 82.5 Å². The number of aliphatic carboxylic acids is 1. The predicted molar refractivity (Wildman–Crippen MR) is 203 cm³/mol. The molecule has 0 aromatic heterocycles. The van der Waals surface area contributed by atoms with Gasteiger partial charge in [0, 0.05) is 6.54 Å². The van der Waals surface area contributed by atoms with Crippen molar-refractivity contribution in [3.8, 4) is 34.5 Å². The number of hydrogen-bond acceptors (Lipinski definition) is 9. The largest absolute Gasteiger partial charge is 0.493 e. The van der Waals surface area contributed by atoms with Crippen LogP contribution in [0.3, 0.4) is 0 Å². The fourth-order valence-corrected chi connectivity index (χ4v) is 7.52. The summed E-state index contributed by atoms with van der Waals surface area (Å²) >= 11 is 0. The highest BCUT2D eigenvalue weighted by Crippen LogP contribution is 2.44. The Bertz CT molecular complexity index is 1770. The van der Waals surface area contributed by atoms with Gasteiger partial charge in [-0.2, -0.15) is 0 Å². The molecule has 12 nitrogen and oxygen atoms in total. The summed E-state index contributed by atoms with van der Waals surface area (Å²) in [6.07, 6.45) is 10.2. The number of benzene rings is 3. The molecule has 2 aliphatic rings. The van der Waals surface area contributed by atoms with Crippen LogP contribution in [0.15, 0.2) is 66.7 Å². The molecule has 1 heterocycles. The second kappa shape index (κ2) is 19.1. The molecule has 0 radical (unpaired) electrons. The van der Waals surface area contributed by atoms with Crippen LogP contribution in [0.5, 0.6) is 34.5 Å². The van der Waals surface area contributed by atoms with Gasteiger partial charge in [0.05, 0.1) is 47.5 Å². The second-order valence-electron chi connectivity index (χ2n) is 13.5. The van der Waals surface area contributed by atoms with E-state index in [9.17, 15) is 19.5 Å². The maximum absolute atomic E-state index is 14.9. The minimum absolute atomic E-state index is 0.0810. The normalized spacial score (nSPS) is 17.8. The van der Waals surface area contributed by atoms with Gasteiger partial charge in [-0.1, -0.05) is 30.4 Å². The highest BCUT2D eigenvalue weighted by molar-refractivity contribution is 5.91. The van der Waals surface area contributed by atoms with Crippen LogP contribution in [0.25, 0.3) is 0 Å². The molecule has 0 saturated carbocycles. The number of piperidine rings is 1. The van der Waals surface area contributed by atoms with Gasteiger partial charge in [-0.15, -0.1) is 0 Å². The third-order valence-electron chi connectivity index (χ3n) is 10.2. The van der Waals surface area contributed by atoms with E-state index in [1.54, 1.807) is 58.6 Å². The van der Waals surface area contributed by atoms with E-state index in [0.29, 0.717) is 60.3 Å². The number of amides is 2. The van der Waals surface area contributed by atoms with Gasteiger partial charge in [-0.05, 0) is 110 Å². The summed E-state index contributed by atoms with van der Waals surface area (Å²) in [7, 11) is 7.82. The van der Waals surface area contributed by atoms with Gasteiger partial charge >= 0.3 is 5.97 Å². The summed E-state index contributed by atoms with van der Waals surface area (Å²) < 4.78 is 33.4. The zero-order valence-corrected chi connectivity index (χ0v) is 31.8. The summed E-state index contributed by atoms with van der Waals surface area (Å²) in [6, 6.07) is 15.3. The molecule has 2 N–H and O–H groups in total. The van der Waals surface area contributed by atoms with Crippen molar-refractivity contribution in [2.75, 3.05) is 48.7 Å². The number of carboxylic acid groups (broad SMARTS) is 1. The molecule has 3 aromatic carbocycles. The van der Waals surface area contributed by atoms with Crippen LogP contribution < -0.4 is 33.7 Å². The van der Waals surface area contributed by atoms with Crippen LogP contribution in [0.1, 0.15) is 73.6 Å². The first kappa shape index (κ1) is 39.8. The average Bonchev–Trinajstić information content (AvgIpc) is 3.21. The number of rotatable bonds is 17. The van der Waals surface area contributed by atoms with E-state index < -0.39 is 30.6 Å². The number of nitrogens with one attached hydrogen (secondary N) is 1. The molecule has 1 saturated heterocycles. The summed E-state index contributed by atoms with van der Waals surface area (Å²) in [5.41, 5.74) is 2.47. The SMILES string of the molecule is COc1ccc(CCC(NC(=O)[C@@H]2CCCCN2C(=O)C(c2cc(OC)c(OC)c(OC)c2)[C@@H]2C=CCCC2)c2cccc(OCC(=O)O)c2)cc1OC. The molecule has 0 bridgehead atoms. The Morgan fingerprint density at radius 1 is 0.815 bits per heavy atom. The first-order chi connectivity index (χ1) is 26.2. The van der Waals surface area contributed by atoms with Crippen molar-refractivity contribution in [2.24, 2.45) is 5.92 Å². The Kier molecular flexibility index (Phi) is 14.1. The van der Waals surface area contributed by atoms with E-state index in [2.05, 4.69) is 17.5 Å². The Balaban J connectivity index is 1.46. The lowest BCUT2D eigenvalue weighted by Gasteiger charge is -2.39. The fourth-order valence-electron chi connectivity index (χ4n) is 7.52. The second-order valence-corrected chi connectivity index (χ2v) is 13.5. The van der Waals surface area contributed by atoms with Crippen molar-refractivity contribution in [3.63, 3.8) is 0 Å². The number of hydrogen-bond donors (Lipinski definition) is 2. The van der Waals surface area contributed by atoms with Gasteiger partial charge in [-0.3, -0.25) is 9.59 Å². The molecule has 4 atom stereocenters. The van der Waals surface area contributed by atoms with E-state index in [-0.39, 0.29) is 17.7 Å². The Morgan fingerprint density at radius 3 is 2.20 bits per heavy atom. The van der Waals surface area contributed by atoms with E-state index >= 15 is 0 Å². The summed E-state index contributed by atoms with van der Waals surface area (Å²) in [5.74, 6) is 0.851. The number of likely N-dealkylation sites (tertiary alicyclic amines) is 1. The summed E-state index contributed by atoms with van der Waals surface area (Å²) in [4.78, 5) is 42.4. The summed E-state index contributed by atoms with van der Waals surface area (Å²) in [6.45, 7) is -0.0440. The topological polar surface area (TPSA) is 142 Å². The molecule has 2 amide bonds. The van der Waals surface area contributed by atoms with Crippen molar-refractivity contribution in [3.05, 3.63) is 83.4 Å². The fraction of sp³-hybridized carbons (Fsp3) is 0.452.